The standard InChI is InChI=1S/C25H29N3O3S/c1-17-7-8-19-20(13-17)32-23-22(19)24(30)28(16-27-23)14-21(29)26-15-25(9-11-31-12-10-25)18-5-3-2-4-6-18/h2-6,16-17H,7-15H2,1H3,(H,26,29). The number of thiophene rings is 1. The van der Waals surface area contributed by atoms with Crippen LogP contribution < -0.4 is 10.9 Å². The average Bonchev–Trinajstić information content (AvgIpc) is 3.19. The number of rotatable bonds is 5. The zero-order chi connectivity index (χ0) is 22.1. The second kappa shape index (κ2) is 8.79. The molecule has 1 N–H and O–H groups in total. The first-order valence-corrected chi connectivity index (χ1v) is 12.3. The molecule has 168 valence electrons. The van der Waals surface area contributed by atoms with Crippen molar-refractivity contribution in [3.8, 4) is 0 Å². The monoisotopic (exact) mass is 451 g/mol. The summed E-state index contributed by atoms with van der Waals surface area (Å²) >= 11 is 1.63. The lowest BCUT2D eigenvalue weighted by molar-refractivity contribution is -0.122. The average molecular weight is 452 g/mol. The molecular weight excluding hydrogens is 422 g/mol. The minimum absolute atomic E-state index is 0.00976. The molecule has 3 aromatic rings. The molecule has 1 amide bonds. The van der Waals surface area contributed by atoms with Gasteiger partial charge in [0.25, 0.3) is 5.56 Å². The molecule has 1 aliphatic carbocycles. The first-order valence-electron chi connectivity index (χ1n) is 11.5. The van der Waals surface area contributed by atoms with Crippen LogP contribution in [0.15, 0.2) is 41.5 Å². The van der Waals surface area contributed by atoms with E-state index >= 15 is 0 Å². The Morgan fingerprint density at radius 1 is 1.28 bits per heavy atom. The van der Waals surface area contributed by atoms with Gasteiger partial charge in [0.05, 0.1) is 11.7 Å². The fraction of sp³-hybridized carbons (Fsp3) is 0.480. The number of amides is 1. The molecule has 5 rings (SSSR count). The van der Waals surface area contributed by atoms with Crippen molar-refractivity contribution in [1.82, 2.24) is 14.9 Å². The molecule has 1 aliphatic heterocycles. The molecule has 1 unspecified atom stereocenters. The number of nitrogens with zero attached hydrogens (tertiary/aromatic N) is 2. The predicted molar refractivity (Wildman–Crippen MR) is 126 cm³/mol. The van der Waals surface area contributed by atoms with Crippen LogP contribution in [0.3, 0.4) is 0 Å². The Balaban J connectivity index is 1.34. The lowest BCUT2D eigenvalue weighted by Crippen LogP contribution is -2.45. The maximum atomic E-state index is 13.2. The summed E-state index contributed by atoms with van der Waals surface area (Å²) in [5, 5.41) is 3.82. The van der Waals surface area contributed by atoms with Crippen LogP contribution in [0.25, 0.3) is 10.2 Å². The molecule has 32 heavy (non-hydrogen) atoms. The van der Waals surface area contributed by atoms with E-state index in [2.05, 4.69) is 29.4 Å². The topological polar surface area (TPSA) is 73.2 Å². The van der Waals surface area contributed by atoms with Crippen molar-refractivity contribution in [2.24, 2.45) is 5.92 Å². The van der Waals surface area contributed by atoms with Gasteiger partial charge >= 0.3 is 0 Å². The zero-order valence-corrected chi connectivity index (χ0v) is 19.2. The van der Waals surface area contributed by atoms with Gasteiger partial charge in [-0.05, 0) is 49.1 Å². The Morgan fingerprint density at radius 3 is 2.84 bits per heavy atom. The Bertz CT molecular complexity index is 1180. The number of hydrogen-bond acceptors (Lipinski definition) is 5. The largest absolute Gasteiger partial charge is 0.381 e. The fourth-order valence-electron chi connectivity index (χ4n) is 5.08. The first-order chi connectivity index (χ1) is 15.6. The highest BCUT2D eigenvalue weighted by atomic mass is 32.1. The quantitative estimate of drug-likeness (QED) is 0.645. The van der Waals surface area contributed by atoms with E-state index in [0.29, 0.717) is 25.7 Å². The van der Waals surface area contributed by atoms with Gasteiger partial charge in [-0.15, -0.1) is 11.3 Å². The molecule has 2 aromatic heterocycles. The van der Waals surface area contributed by atoms with E-state index in [1.807, 2.05) is 18.2 Å². The molecular formula is C25H29N3O3S. The number of aryl methyl sites for hydroxylation is 1. The minimum atomic E-state index is -0.159. The number of ether oxygens (including phenoxy) is 1. The number of hydrogen-bond donors (Lipinski definition) is 1. The van der Waals surface area contributed by atoms with Gasteiger partial charge in [-0.25, -0.2) is 4.98 Å². The number of carbonyl (C=O) groups is 1. The van der Waals surface area contributed by atoms with Gasteiger partial charge in [0, 0.05) is 30.1 Å². The predicted octanol–water partition coefficient (Wildman–Crippen LogP) is 3.45. The third-order valence-electron chi connectivity index (χ3n) is 7.06. The number of nitrogens with one attached hydrogen (secondary N) is 1. The summed E-state index contributed by atoms with van der Waals surface area (Å²) in [5.74, 6) is 0.485. The van der Waals surface area contributed by atoms with Gasteiger partial charge in [0.15, 0.2) is 0 Å². The second-order valence-corrected chi connectivity index (χ2v) is 10.3. The van der Waals surface area contributed by atoms with Gasteiger partial charge in [-0.1, -0.05) is 37.3 Å². The van der Waals surface area contributed by atoms with E-state index in [9.17, 15) is 9.59 Å². The number of fused-ring (bicyclic) bond motifs is 3. The summed E-state index contributed by atoms with van der Waals surface area (Å²) < 4.78 is 7.04. The molecule has 1 fully saturated rings. The van der Waals surface area contributed by atoms with Crippen LogP contribution in [-0.2, 0) is 34.3 Å². The van der Waals surface area contributed by atoms with Crippen molar-refractivity contribution in [1.29, 1.82) is 0 Å². The molecule has 3 heterocycles. The summed E-state index contributed by atoms with van der Waals surface area (Å²) in [5.41, 5.74) is 2.15. The number of carbonyl (C=O) groups excluding carboxylic acids is 1. The lowest BCUT2D eigenvalue weighted by Gasteiger charge is -2.38. The molecule has 0 saturated carbocycles. The second-order valence-electron chi connectivity index (χ2n) is 9.24. The van der Waals surface area contributed by atoms with Crippen LogP contribution >= 0.6 is 11.3 Å². The van der Waals surface area contributed by atoms with Crippen molar-refractivity contribution in [3.63, 3.8) is 0 Å². The Kier molecular flexibility index (Phi) is 5.86. The van der Waals surface area contributed by atoms with Crippen LogP contribution in [0, 0.1) is 5.92 Å². The summed E-state index contributed by atoms with van der Waals surface area (Å²) in [6.45, 7) is 4.16. The van der Waals surface area contributed by atoms with Crippen LogP contribution in [0.5, 0.6) is 0 Å². The molecule has 6 nitrogen and oxygen atoms in total. The first kappa shape index (κ1) is 21.3. The molecule has 1 saturated heterocycles. The molecule has 1 atom stereocenters. The van der Waals surface area contributed by atoms with Crippen molar-refractivity contribution in [2.45, 2.75) is 51.0 Å². The highest BCUT2D eigenvalue weighted by molar-refractivity contribution is 7.18. The van der Waals surface area contributed by atoms with E-state index in [0.717, 1.165) is 47.9 Å². The third kappa shape index (κ3) is 3.99. The Hall–Kier alpha value is -2.51. The highest BCUT2D eigenvalue weighted by Crippen LogP contribution is 2.36. The summed E-state index contributed by atoms with van der Waals surface area (Å²) in [7, 11) is 0. The molecule has 0 spiro atoms. The van der Waals surface area contributed by atoms with Crippen molar-refractivity contribution < 1.29 is 9.53 Å². The third-order valence-corrected chi connectivity index (χ3v) is 8.22. The van der Waals surface area contributed by atoms with E-state index in [1.54, 1.807) is 11.3 Å². The van der Waals surface area contributed by atoms with E-state index in [1.165, 1.54) is 21.3 Å². The van der Waals surface area contributed by atoms with Crippen LogP contribution in [-0.4, -0.2) is 35.2 Å². The van der Waals surface area contributed by atoms with Crippen molar-refractivity contribution in [2.75, 3.05) is 19.8 Å². The summed E-state index contributed by atoms with van der Waals surface area (Å²) in [6.07, 6.45) is 6.29. The van der Waals surface area contributed by atoms with Gasteiger partial charge in [-0.2, -0.15) is 0 Å². The van der Waals surface area contributed by atoms with Crippen LogP contribution in [0.4, 0.5) is 0 Å². The van der Waals surface area contributed by atoms with Crippen molar-refractivity contribution in [3.05, 3.63) is 63.0 Å². The molecule has 1 aromatic carbocycles. The Labute approximate surface area is 191 Å². The van der Waals surface area contributed by atoms with Crippen LogP contribution in [0.2, 0.25) is 0 Å². The SMILES string of the molecule is CC1CCc2c(sc3ncn(CC(=O)NCC4(c5ccccc5)CCOCC4)c(=O)c23)C1. The maximum absolute atomic E-state index is 13.2. The van der Waals surface area contributed by atoms with Gasteiger partial charge in [0.1, 0.15) is 11.4 Å². The molecule has 2 aliphatic rings. The minimum Gasteiger partial charge on any atom is -0.381 e. The lowest BCUT2D eigenvalue weighted by atomic mass is 9.74. The fourth-order valence-corrected chi connectivity index (χ4v) is 6.42. The van der Waals surface area contributed by atoms with Gasteiger partial charge in [-0.3, -0.25) is 14.2 Å². The number of aromatic nitrogens is 2. The van der Waals surface area contributed by atoms with E-state index in [-0.39, 0.29) is 23.4 Å². The normalized spacial score (nSPS) is 20.1. The van der Waals surface area contributed by atoms with Gasteiger partial charge < -0.3 is 10.1 Å². The molecule has 0 bridgehead atoms. The summed E-state index contributed by atoms with van der Waals surface area (Å²) in [6, 6.07) is 10.3. The molecule has 7 heteroatoms. The molecule has 0 radical (unpaired) electrons. The highest BCUT2D eigenvalue weighted by Gasteiger charge is 2.34. The zero-order valence-electron chi connectivity index (χ0n) is 18.4. The number of benzene rings is 1. The van der Waals surface area contributed by atoms with E-state index < -0.39 is 0 Å². The smallest absolute Gasteiger partial charge is 0.262 e. The van der Waals surface area contributed by atoms with E-state index in [4.69, 9.17) is 4.74 Å². The van der Waals surface area contributed by atoms with Gasteiger partial charge in [0.2, 0.25) is 5.91 Å². The van der Waals surface area contributed by atoms with Crippen LogP contribution in [0.1, 0.15) is 42.2 Å². The maximum Gasteiger partial charge on any atom is 0.262 e. The summed E-state index contributed by atoms with van der Waals surface area (Å²) in [4.78, 5) is 32.7. The van der Waals surface area contributed by atoms with Crippen molar-refractivity contribution >= 4 is 27.5 Å². The Morgan fingerprint density at radius 2 is 2.06 bits per heavy atom.